The van der Waals surface area contributed by atoms with E-state index in [4.69, 9.17) is 10.7 Å². The molecule has 0 radical (unpaired) electrons. The highest BCUT2D eigenvalue weighted by atomic mass is 15.2. The lowest BCUT2D eigenvalue weighted by Gasteiger charge is -2.32. The zero-order valence-corrected chi connectivity index (χ0v) is 11.5. The van der Waals surface area contributed by atoms with Crippen LogP contribution in [0.3, 0.4) is 0 Å². The number of piperidine rings is 1. The maximum absolute atomic E-state index is 5.79. The highest BCUT2D eigenvalue weighted by molar-refractivity contribution is 5.92. The van der Waals surface area contributed by atoms with E-state index in [0.29, 0.717) is 6.54 Å². The summed E-state index contributed by atoms with van der Waals surface area (Å²) in [5.74, 6) is 1.86. The molecule has 19 heavy (non-hydrogen) atoms. The molecule has 1 aliphatic rings. The second kappa shape index (κ2) is 5.17. The van der Waals surface area contributed by atoms with Gasteiger partial charge in [-0.3, -0.25) is 0 Å². The lowest BCUT2D eigenvalue weighted by atomic mass is 9.99. The Morgan fingerprint density at radius 3 is 3.00 bits per heavy atom. The summed E-state index contributed by atoms with van der Waals surface area (Å²) in [6.45, 7) is 5.03. The summed E-state index contributed by atoms with van der Waals surface area (Å²) in [5.41, 5.74) is 6.76. The van der Waals surface area contributed by atoms with Crippen LogP contribution >= 0.6 is 0 Å². The average Bonchev–Trinajstić information content (AvgIpc) is 2.46. The lowest BCUT2D eigenvalue weighted by Crippen LogP contribution is -2.35. The third-order valence-corrected chi connectivity index (χ3v) is 3.94. The molecular formula is C16H21N3. The zero-order valence-electron chi connectivity index (χ0n) is 11.5. The Kier molecular flexibility index (Phi) is 3.38. The third kappa shape index (κ3) is 2.43. The standard InChI is InChI=1S/C16H21N3/c1-12-5-4-8-19(11-12)16-15-7-3-2-6-13(15)9-14(10-17)18-16/h2-3,6-7,9,12H,4-5,8,10-11,17H2,1H3. The minimum Gasteiger partial charge on any atom is -0.356 e. The first-order chi connectivity index (χ1) is 9.28. The summed E-state index contributed by atoms with van der Waals surface area (Å²) in [6.07, 6.45) is 2.58. The number of aromatic nitrogens is 1. The van der Waals surface area contributed by atoms with E-state index < -0.39 is 0 Å². The predicted molar refractivity (Wildman–Crippen MR) is 80.2 cm³/mol. The van der Waals surface area contributed by atoms with Crippen LogP contribution in [0, 0.1) is 5.92 Å². The first-order valence-corrected chi connectivity index (χ1v) is 7.11. The Bertz CT molecular complexity index is 579. The topological polar surface area (TPSA) is 42.2 Å². The maximum atomic E-state index is 5.79. The first-order valence-electron chi connectivity index (χ1n) is 7.11. The molecule has 1 aromatic carbocycles. The fraction of sp³-hybridized carbons (Fsp3) is 0.438. The molecule has 1 fully saturated rings. The van der Waals surface area contributed by atoms with Crippen molar-refractivity contribution in [1.29, 1.82) is 0 Å². The summed E-state index contributed by atoms with van der Waals surface area (Å²) >= 11 is 0. The van der Waals surface area contributed by atoms with Gasteiger partial charge < -0.3 is 10.6 Å². The van der Waals surface area contributed by atoms with Crippen LogP contribution in [-0.2, 0) is 6.54 Å². The molecule has 2 aromatic rings. The van der Waals surface area contributed by atoms with Crippen molar-refractivity contribution in [2.24, 2.45) is 11.7 Å². The maximum Gasteiger partial charge on any atom is 0.136 e. The number of benzene rings is 1. The van der Waals surface area contributed by atoms with Crippen molar-refractivity contribution in [3.8, 4) is 0 Å². The smallest absolute Gasteiger partial charge is 0.136 e. The molecule has 1 saturated heterocycles. The number of rotatable bonds is 2. The molecule has 0 amide bonds. The van der Waals surface area contributed by atoms with Crippen molar-refractivity contribution in [2.75, 3.05) is 18.0 Å². The van der Waals surface area contributed by atoms with E-state index in [1.807, 2.05) is 0 Å². The molecule has 3 rings (SSSR count). The molecule has 1 aliphatic heterocycles. The van der Waals surface area contributed by atoms with Crippen LogP contribution in [0.15, 0.2) is 30.3 Å². The Morgan fingerprint density at radius 2 is 2.21 bits per heavy atom. The number of pyridine rings is 1. The van der Waals surface area contributed by atoms with E-state index in [1.54, 1.807) is 0 Å². The highest BCUT2D eigenvalue weighted by Crippen LogP contribution is 2.29. The van der Waals surface area contributed by atoms with Crippen molar-refractivity contribution in [2.45, 2.75) is 26.3 Å². The molecular weight excluding hydrogens is 234 g/mol. The summed E-state index contributed by atoms with van der Waals surface area (Å²) < 4.78 is 0. The molecule has 2 heterocycles. The average molecular weight is 255 g/mol. The lowest BCUT2D eigenvalue weighted by molar-refractivity contribution is 0.445. The van der Waals surface area contributed by atoms with Gasteiger partial charge in [-0.15, -0.1) is 0 Å². The Morgan fingerprint density at radius 1 is 1.37 bits per heavy atom. The minimum atomic E-state index is 0.501. The van der Waals surface area contributed by atoms with Gasteiger partial charge in [0.25, 0.3) is 0 Å². The van der Waals surface area contributed by atoms with Gasteiger partial charge in [0.2, 0.25) is 0 Å². The number of hydrogen-bond donors (Lipinski definition) is 1. The SMILES string of the molecule is CC1CCCN(c2nc(CN)cc3ccccc23)C1. The molecule has 0 aliphatic carbocycles. The Hall–Kier alpha value is -1.61. The normalized spacial score (nSPS) is 19.9. The molecule has 0 spiro atoms. The van der Waals surface area contributed by atoms with Crippen LogP contribution < -0.4 is 10.6 Å². The van der Waals surface area contributed by atoms with Gasteiger partial charge in [-0.2, -0.15) is 0 Å². The van der Waals surface area contributed by atoms with E-state index in [9.17, 15) is 0 Å². The van der Waals surface area contributed by atoms with E-state index in [1.165, 1.54) is 23.6 Å². The van der Waals surface area contributed by atoms with Crippen molar-refractivity contribution in [3.05, 3.63) is 36.0 Å². The summed E-state index contributed by atoms with van der Waals surface area (Å²) in [4.78, 5) is 7.20. The Labute approximate surface area is 114 Å². The second-order valence-electron chi connectivity index (χ2n) is 5.56. The van der Waals surface area contributed by atoms with Gasteiger partial charge in [0, 0.05) is 25.0 Å². The molecule has 3 heteroatoms. The van der Waals surface area contributed by atoms with Crippen LogP contribution in [0.4, 0.5) is 5.82 Å². The molecule has 1 atom stereocenters. The van der Waals surface area contributed by atoms with Crippen LogP contribution in [-0.4, -0.2) is 18.1 Å². The number of nitrogens with zero attached hydrogens (tertiary/aromatic N) is 2. The molecule has 1 unspecified atom stereocenters. The van der Waals surface area contributed by atoms with E-state index in [0.717, 1.165) is 30.5 Å². The van der Waals surface area contributed by atoms with Crippen LogP contribution in [0.2, 0.25) is 0 Å². The summed E-state index contributed by atoms with van der Waals surface area (Å²) in [5, 5.41) is 2.49. The number of nitrogens with two attached hydrogens (primary N) is 1. The van der Waals surface area contributed by atoms with E-state index in [2.05, 4.69) is 42.2 Å². The molecule has 2 N–H and O–H groups in total. The number of anilines is 1. The molecule has 3 nitrogen and oxygen atoms in total. The zero-order chi connectivity index (χ0) is 13.2. The van der Waals surface area contributed by atoms with Gasteiger partial charge in [-0.05, 0) is 30.2 Å². The molecule has 1 aromatic heterocycles. The molecule has 100 valence electrons. The summed E-state index contributed by atoms with van der Waals surface area (Å²) in [6, 6.07) is 10.6. The van der Waals surface area contributed by atoms with Gasteiger partial charge in [-0.1, -0.05) is 31.2 Å². The molecule has 0 saturated carbocycles. The van der Waals surface area contributed by atoms with Crippen LogP contribution in [0.1, 0.15) is 25.5 Å². The van der Waals surface area contributed by atoms with Gasteiger partial charge in [0.15, 0.2) is 0 Å². The highest BCUT2D eigenvalue weighted by Gasteiger charge is 2.19. The first kappa shape index (κ1) is 12.4. The fourth-order valence-corrected chi connectivity index (χ4v) is 2.96. The van der Waals surface area contributed by atoms with Crippen molar-refractivity contribution >= 4 is 16.6 Å². The van der Waals surface area contributed by atoms with Gasteiger partial charge in [0.1, 0.15) is 5.82 Å². The summed E-state index contributed by atoms with van der Waals surface area (Å²) in [7, 11) is 0. The van der Waals surface area contributed by atoms with Gasteiger partial charge in [0.05, 0.1) is 5.69 Å². The van der Waals surface area contributed by atoms with Crippen molar-refractivity contribution < 1.29 is 0 Å². The van der Waals surface area contributed by atoms with E-state index in [-0.39, 0.29) is 0 Å². The predicted octanol–water partition coefficient (Wildman–Crippen LogP) is 2.93. The third-order valence-electron chi connectivity index (χ3n) is 3.94. The van der Waals surface area contributed by atoms with E-state index >= 15 is 0 Å². The molecule has 0 bridgehead atoms. The van der Waals surface area contributed by atoms with Crippen LogP contribution in [0.25, 0.3) is 10.8 Å². The van der Waals surface area contributed by atoms with Crippen molar-refractivity contribution in [3.63, 3.8) is 0 Å². The monoisotopic (exact) mass is 255 g/mol. The number of fused-ring (bicyclic) bond motifs is 1. The fourth-order valence-electron chi connectivity index (χ4n) is 2.96. The van der Waals surface area contributed by atoms with Crippen molar-refractivity contribution in [1.82, 2.24) is 4.98 Å². The van der Waals surface area contributed by atoms with Crippen LogP contribution in [0.5, 0.6) is 0 Å². The minimum absolute atomic E-state index is 0.501. The number of hydrogen-bond acceptors (Lipinski definition) is 3. The van der Waals surface area contributed by atoms with Gasteiger partial charge >= 0.3 is 0 Å². The largest absolute Gasteiger partial charge is 0.356 e. The quantitative estimate of drug-likeness (QED) is 0.897. The van der Waals surface area contributed by atoms with Gasteiger partial charge in [-0.25, -0.2) is 4.98 Å². The second-order valence-corrected chi connectivity index (χ2v) is 5.56. The Balaban J connectivity index is 2.10.